The largest absolute Gasteiger partial charge is 0.304 e. The zero-order valence-corrected chi connectivity index (χ0v) is 12.3. The number of aromatic nitrogens is 3. The van der Waals surface area contributed by atoms with Crippen LogP contribution in [0.25, 0.3) is 0 Å². The first-order chi connectivity index (χ1) is 8.10. The predicted molar refractivity (Wildman–Crippen MR) is 74.8 cm³/mol. The summed E-state index contributed by atoms with van der Waals surface area (Å²) in [5.41, 5.74) is 0. The van der Waals surface area contributed by atoms with Crippen LogP contribution in [0.4, 0.5) is 0 Å². The molecule has 3 nitrogen and oxygen atoms in total. The van der Waals surface area contributed by atoms with Gasteiger partial charge in [-0.25, -0.2) is 0 Å². The Bertz CT molecular complexity index is 372. The Morgan fingerprint density at radius 2 is 1.82 bits per heavy atom. The molecule has 0 saturated heterocycles. The summed E-state index contributed by atoms with van der Waals surface area (Å²) in [5, 5.41) is 7.41. The third-order valence-corrected chi connectivity index (χ3v) is 3.29. The average molecular weight is 255 g/mol. The van der Waals surface area contributed by atoms with Crippen LogP contribution in [-0.4, -0.2) is 14.8 Å². The summed E-state index contributed by atoms with van der Waals surface area (Å²) >= 11 is 5.32. The summed E-state index contributed by atoms with van der Waals surface area (Å²) in [4.78, 5) is 0. The van der Waals surface area contributed by atoms with Crippen LogP contribution < -0.4 is 0 Å². The van der Waals surface area contributed by atoms with Crippen LogP contribution in [0.5, 0.6) is 0 Å². The highest BCUT2D eigenvalue weighted by molar-refractivity contribution is 7.71. The van der Waals surface area contributed by atoms with Gasteiger partial charge in [-0.3, -0.25) is 5.10 Å². The molecule has 0 aliphatic heterocycles. The van der Waals surface area contributed by atoms with E-state index in [9.17, 15) is 0 Å². The maximum atomic E-state index is 5.32. The van der Waals surface area contributed by atoms with E-state index in [2.05, 4.69) is 42.5 Å². The molecule has 0 fully saturated rings. The number of rotatable bonds is 7. The third kappa shape index (κ3) is 3.95. The van der Waals surface area contributed by atoms with E-state index in [0.717, 1.165) is 17.1 Å². The van der Waals surface area contributed by atoms with Gasteiger partial charge in [0.05, 0.1) is 0 Å². The van der Waals surface area contributed by atoms with Gasteiger partial charge in [0.25, 0.3) is 0 Å². The lowest BCUT2D eigenvalue weighted by Gasteiger charge is -2.17. The SMILES string of the molecule is CCCC(CCC)c1n[nH]c(=S)n1CC(C)C. The second kappa shape index (κ2) is 6.94. The van der Waals surface area contributed by atoms with Gasteiger partial charge in [-0.15, -0.1) is 0 Å². The van der Waals surface area contributed by atoms with E-state index >= 15 is 0 Å². The first-order valence-electron chi connectivity index (χ1n) is 6.75. The molecule has 17 heavy (non-hydrogen) atoms. The van der Waals surface area contributed by atoms with Crippen LogP contribution in [0.15, 0.2) is 0 Å². The number of H-pyrrole nitrogens is 1. The molecule has 0 atom stereocenters. The molecule has 0 bridgehead atoms. The van der Waals surface area contributed by atoms with Crippen molar-refractivity contribution >= 4 is 12.2 Å². The third-order valence-electron chi connectivity index (χ3n) is 2.97. The zero-order chi connectivity index (χ0) is 12.8. The lowest BCUT2D eigenvalue weighted by atomic mass is 9.97. The number of hydrogen-bond acceptors (Lipinski definition) is 2. The molecule has 0 amide bonds. The zero-order valence-electron chi connectivity index (χ0n) is 11.5. The van der Waals surface area contributed by atoms with Gasteiger partial charge in [0.2, 0.25) is 0 Å². The first-order valence-corrected chi connectivity index (χ1v) is 7.16. The van der Waals surface area contributed by atoms with E-state index in [0.29, 0.717) is 11.8 Å². The van der Waals surface area contributed by atoms with Crippen molar-refractivity contribution in [2.45, 2.75) is 65.8 Å². The molecule has 0 saturated carbocycles. The highest BCUT2D eigenvalue weighted by atomic mass is 32.1. The van der Waals surface area contributed by atoms with Crippen LogP contribution in [0.2, 0.25) is 0 Å². The van der Waals surface area contributed by atoms with Crippen LogP contribution in [-0.2, 0) is 6.54 Å². The summed E-state index contributed by atoms with van der Waals surface area (Å²) in [6.07, 6.45) is 4.80. The van der Waals surface area contributed by atoms with Crippen molar-refractivity contribution in [3.8, 4) is 0 Å². The summed E-state index contributed by atoms with van der Waals surface area (Å²) in [6.45, 7) is 9.86. The Kier molecular flexibility index (Phi) is 5.89. The minimum Gasteiger partial charge on any atom is -0.304 e. The molecule has 1 rings (SSSR count). The molecule has 1 heterocycles. The van der Waals surface area contributed by atoms with E-state index < -0.39 is 0 Å². The van der Waals surface area contributed by atoms with Gasteiger partial charge in [0, 0.05) is 12.5 Å². The second-order valence-electron chi connectivity index (χ2n) is 5.17. The van der Waals surface area contributed by atoms with E-state index in [1.165, 1.54) is 25.7 Å². The van der Waals surface area contributed by atoms with Crippen LogP contribution >= 0.6 is 12.2 Å². The summed E-state index contributed by atoms with van der Waals surface area (Å²) in [5.74, 6) is 2.31. The predicted octanol–water partition coefficient (Wildman–Crippen LogP) is 4.28. The molecule has 1 N–H and O–H groups in total. The highest BCUT2D eigenvalue weighted by Gasteiger charge is 2.17. The van der Waals surface area contributed by atoms with Gasteiger partial charge < -0.3 is 4.57 Å². The Hall–Kier alpha value is -0.640. The van der Waals surface area contributed by atoms with Gasteiger partial charge >= 0.3 is 0 Å². The van der Waals surface area contributed by atoms with Crippen LogP contribution in [0, 0.1) is 10.7 Å². The van der Waals surface area contributed by atoms with Crippen LogP contribution in [0.3, 0.4) is 0 Å². The fraction of sp³-hybridized carbons (Fsp3) is 0.846. The molecule has 1 aromatic heterocycles. The van der Waals surface area contributed by atoms with Crippen LogP contribution in [0.1, 0.15) is 65.1 Å². The molecule has 0 radical (unpaired) electrons. The Balaban J connectivity index is 2.97. The fourth-order valence-electron chi connectivity index (χ4n) is 2.28. The quantitative estimate of drug-likeness (QED) is 0.738. The molecule has 4 heteroatoms. The summed E-state index contributed by atoms with van der Waals surface area (Å²) in [6, 6.07) is 0. The van der Waals surface area contributed by atoms with Crippen molar-refractivity contribution in [3.63, 3.8) is 0 Å². The van der Waals surface area contributed by atoms with Crippen molar-refractivity contribution in [1.29, 1.82) is 0 Å². The minimum atomic E-state index is 0.552. The molecule has 0 aliphatic carbocycles. The lowest BCUT2D eigenvalue weighted by molar-refractivity contribution is 0.457. The topological polar surface area (TPSA) is 33.6 Å². The average Bonchev–Trinajstić information content (AvgIpc) is 2.60. The van der Waals surface area contributed by atoms with Gasteiger partial charge in [-0.1, -0.05) is 40.5 Å². The number of nitrogens with one attached hydrogen (secondary N) is 1. The lowest BCUT2D eigenvalue weighted by Crippen LogP contribution is -2.12. The molecule has 98 valence electrons. The fourth-order valence-corrected chi connectivity index (χ4v) is 2.50. The van der Waals surface area contributed by atoms with E-state index in [1.54, 1.807) is 0 Å². The molecule has 1 aromatic rings. The maximum Gasteiger partial charge on any atom is 0.195 e. The number of hydrogen-bond donors (Lipinski definition) is 1. The maximum absolute atomic E-state index is 5.32. The molecular formula is C13H25N3S. The van der Waals surface area contributed by atoms with Gasteiger partial charge in [0.15, 0.2) is 4.77 Å². The monoisotopic (exact) mass is 255 g/mol. The molecule has 0 unspecified atom stereocenters. The smallest absolute Gasteiger partial charge is 0.195 e. The van der Waals surface area contributed by atoms with Crippen molar-refractivity contribution in [2.24, 2.45) is 5.92 Å². The normalized spacial score (nSPS) is 11.6. The van der Waals surface area contributed by atoms with Crippen molar-refractivity contribution in [3.05, 3.63) is 10.6 Å². The highest BCUT2D eigenvalue weighted by Crippen LogP contribution is 2.25. The molecule has 0 spiro atoms. The molecule has 0 aliphatic rings. The summed E-state index contributed by atoms with van der Waals surface area (Å²) < 4.78 is 2.96. The van der Waals surface area contributed by atoms with Crippen molar-refractivity contribution in [2.75, 3.05) is 0 Å². The van der Waals surface area contributed by atoms with Crippen molar-refractivity contribution < 1.29 is 0 Å². The van der Waals surface area contributed by atoms with E-state index in [-0.39, 0.29) is 0 Å². The second-order valence-corrected chi connectivity index (χ2v) is 5.55. The van der Waals surface area contributed by atoms with Gasteiger partial charge in [0.1, 0.15) is 5.82 Å². The Morgan fingerprint density at radius 1 is 1.24 bits per heavy atom. The number of aromatic amines is 1. The molecular weight excluding hydrogens is 230 g/mol. The van der Waals surface area contributed by atoms with E-state index in [1.807, 2.05) is 0 Å². The molecule has 0 aromatic carbocycles. The first kappa shape index (κ1) is 14.4. The summed E-state index contributed by atoms with van der Waals surface area (Å²) in [7, 11) is 0. The number of nitrogens with zero attached hydrogens (tertiary/aromatic N) is 2. The van der Waals surface area contributed by atoms with E-state index in [4.69, 9.17) is 12.2 Å². The minimum absolute atomic E-state index is 0.552. The van der Waals surface area contributed by atoms with Gasteiger partial charge in [-0.05, 0) is 31.0 Å². The standard InChI is InChI=1S/C13H25N3S/c1-5-7-11(8-6-2)12-14-15-13(17)16(12)9-10(3)4/h10-11H,5-9H2,1-4H3,(H,15,17). The van der Waals surface area contributed by atoms with Gasteiger partial charge in [-0.2, -0.15) is 5.10 Å². The Labute approximate surface area is 110 Å². The van der Waals surface area contributed by atoms with Crippen molar-refractivity contribution in [1.82, 2.24) is 14.8 Å². The Morgan fingerprint density at radius 3 is 2.29 bits per heavy atom.